The molecule has 0 saturated carbocycles. The first kappa shape index (κ1) is 23.2. The van der Waals surface area contributed by atoms with E-state index in [1.54, 1.807) is 18.1 Å². The molecule has 3 aliphatic heterocycles. The number of fused-ring (bicyclic) bond motifs is 1. The molecule has 2 fully saturated rings. The number of nitrogens with zero attached hydrogens (tertiary/aromatic N) is 1. The van der Waals surface area contributed by atoms with Gasteiger partial charge in [-0.05, 0) is 48.9 Å². The second kappa shape index (κ2) is 8.30. The van der Waals surface area contributed by atoms with E-state index in [1.807, 2.05) is 37.3 Å². The Labute approximate surface area is 199 Å². The molecular weight excluding hydrogens is 465 g/mol. The largest absolute Gasteiger partial charge is 0.573 e. The van der Waals surface area contributed by atoms with E-state index in [9.17, 15) is 22.8 Å². The minimum absolute atomic E-state index is 0.172. The molecule has 2 aromatic rings. The maximum Gasteiger partial charge on any atom is 0.573 e. The van der Waals surface area contributed by atoms with Crippen LogP contribution in [0.3, 0.4) is 0 Å². The topological polar surface area (TPSA) is 77.1 Å². The molecule has 0 unspecified atom stereocenters. The van der Waals surface area contributed by atoms with Crippen molar-refractivity contribution in [2.24, 2.45) is 11.8 Å². The van der Waals surface area contributed by atoms with Gasteiger partial charge in [0.05, 0.1) is 37.6 Å². The lowest BCUT2D eigenvalue weighted by Crippen LogP contribution is -2.41. The molecule has 10 heteroatoms. The van der Waals surface area contributed by atoms with E-state index in [1.165, 1.54) is 12.1 Å². The van der Waals surface area contributed by atoms with Crippen molar-refractivity contribution in [3.63, 3.8) is 0 Å². The molecule has 0 radical (unpaired) electrons. The van der Waals surface area contributed by atoms with E-state index < -0.39 is 41.6 Å². The highest BCUT2D eigenvalue weighted by Gasteiger charge is 2.67. The number of carbonyl (C=O) groups is 2. The average molecular weight is 488 g/mol. The fourth-order valence-corrected chi connectivity index (χ4v) is 5.18. The summed E-state index contributed by atoms with van der Waals surface area (Å²) in [5.74, 6) is -1.73. The van der Waals surface area contributed by atoms with Crippen molar-refractivity contribution < 1.29 is 37.0 Å². The Morgan fingerprint density at radius 2 is 1.80 bits per heavy atom. The number of hydrogen-bond acceptors (Lipinski definition) is 5. The number of alkyl halides is 3. The van der Waals surface area contributed by atoms with Gasteiger partial charge in [0.25, 0.3) is 0 Å². The molecule has 3 heterocycles. The molecule has 1 N–H and O–H groups in total. The van der Waals surface area contributed by atoms with Gasteiger partial charge in [-0.15, -0.1) is 13.2 Å². The monoisotopic (exact) mass is 488 g/mol. The average Bonchev–Trinajstić information content (AvgIpc) is 3.47. The van der Waals surface area contributed by atoms with E-state index in [0.717, 1.165) is 17.7 Å². The van der Waals surface area contributed by atoms with Crippen LogP contribution < -0.4 is 14.8 Å². The third-order valence-corrected chi connectivity index (χ3v) is 6.85. The van der Waals surface area contributed by atoms with E-state index in [-0.39, 0.29) is 11.9 Å². The summed E-state index contributed by atoms with van der Waals surface area (Å²) in [6.07, 6.45) is -1.68. The second-order valence-corrected chi connectivity index (χ2v) is 8.88. The highest BCUT2D eigenvalue weighted by Crippen LogP contribution is 2.53. The van der Waals surface area contributed by atoms with Crippen molar-refractivity contribution >= 4 is 17.5 Å². The summed E-state index contributed by atoms with van der Waals surface area (Å²) >= 11 is 0. The fraction of sp³-hybridized carbons (Fsp3) is 0.360. The molecule has 0 aliphatic carbocycles. The maximum atomic E-state index is 13.5. The van der Waals surface area contributed by atoms with Gasteiger partial charge in [0.1, 0.15) is 17.1 Å². The van der Waals surface area contributed by atoms with E-state index in [0.29, 0.717) is 18.0 Å². The van der Waals surface area contributed by atoms with Crippen LogP contribution in [-0.4, -0.2) is 48.4 Å². The predicted molar refractivity (Wildman–Crippen MR) is 119 cm³/mol. The Morgan fingerprint density at radius 3 is 2.43 bits per heavy atom. The SMILES string of the molecule is COc1ccc([C@H](C)N2C[C@@]34C=C[C@@H](O3)[C@H](C(=O)Nc3ccc(OC(F)(F)F)cc3)[C@@H]4C2=O)cc1. The van der Waals surface area contributed by atoms with Gasteiger partial charge in [0, 0.05) is 5.69 Å². The summed E-state index contributed by atoms with van der Waals surface area (Å²) in [5.41, 5.74) is 0.338. The van der Waals surface area contributed by atoms with E-state index in [4.69, 9.17) is 9.47 Å². The standard InChI is InChI=1S/C25H23F3N2O5/c1-14(15-3-7-17(33-2)8-4-15)30-13-24-12-11-19(35-24)20(21(24)23(30)32)22(31)29-16-5-9-18(10-6-16)34-25(26,27)28/h3-12,14,19-21H,13H2,1-2H3,(H,29,31)/t14-,19+,20-,21+,24+/m0/s1. The minimum Gasteiger partial charge on any atom is -0.497 e. The van der Waals surface area contributed by atoms with Crippen LogP contribution in [0.1, 0.15) is 18.5 Å². The van der Waals surface area contributed by atoms with Gasteiger partial charge in [0.15, 0.2) is 0 Å². The quantitative estimate of drug-likeness (QED) is 0.621. The van der Waals surface area contributed by atoms with Gasteiger partial charge in [-0.2, -0.15) is 0 Å². The summed E-state index contributed by atoms with van der Waals surface area (Å²) in [7, 11) is 1.58. The van der Waals surface area contributed by atoms with Gasteiger partial charge >= 0.3 is 6.36 Å². The molecule has 2 saturated heterocycles. The van der Waals surface area contributed by atoms with Crippen molar-refractivity contribution in [2.45, 2.75) is 31.0 Å². The minimum atomic E-state index is -4.80. The number of hydrogen-bond donors (Lipinski definition) is 1. The lowest BCUT2D eigenvalue weighted by Gasteiger charge is -2.28. The van der Waals surface area contributed by atoms with E-state index >= 15 is 0 Å². The molecule has 2 amide bonds. The number of ether oxygens (including phenoxy) is 3. The van der Waals surface area contributed by atoms with Crippen LogP contribution in [0.5, 0.6) is 11.5 Å². The van der Waals surface area contributed by atoms with Crippen LogP contribution in [0.25, 0.3) is 0 Å². The lowest BCUT2D eigenvalue weighted by molar-refractivity contribution is -0.274. The second-order valence-electron chi connectivity index (χ2n) is 8.88. The highest BCUT2D eigenvalue weighted by molar-refractivity contribution is 5.99. The van der Waals surface area contributed by atoms with Crippen LogP contribution in [0.2, 0.25) is 0 Å². The Kier molecular flexibility index (Phi) is 5.51. The van der Waals surface area contributed by atoms with Crippen LogP contribution in [0, 0.1) is 11.8 Å². The lowest BCUT2D eigenvalue weighted by atomic mass is 9.76. The number of halogens is 3. The van der Waals surface area contributed by atoms with Crippen LogP contribution in [0.15, 0.2) is 60.7 Å². The van der Waals surface area contributed by atoms with Crippen molar-refractivity contribution in [2.75, 3.05) is 19.0 Å². The molecule has 1 spiro atoms. The predicted octanol–water partition coefficient (Wildman–Crippen LogP) is 4.08. The van der Waals surface area contributed by atoms with Crippen LogP contribution in [-0.2, 0) is 14.3 Å². The van der Waals surface area contributed by atoms with E-state index in [2.05, 4.69) is 10.1 Å². The molecule has 5 atom stereocenters. The Bertz CT molecular complexity index is 1170. The Hall–Kier alpha value is -3.53. The number of carbonyl (C=O) groups excluding carboxylic acids is 2. The number of anilines is 1. The Balaban J connectivity index is 1.32. The van der Waals surface area contributed by atoms with Crippen LogP contribution >= 0.6 is 0 Å². The normalized spacial score (nSPS) is 27.6. The first-order valence-corrected chi connectivity index (χ1v) is 11.1. The summed E-state index contributed by atoms with van der Waals surface area (Å²) in [6, 6.07) is 12.1. The molecular formula is C25H23F3N2O5. The van der Waals surface area contributed by atoms with Crippen molar-refractivity contribution in [1.29, 1.82) is 0 Å². The maximum absolute atomic E-state index is 13.5. The summed E-state index contributed by atoms with van der Waals surface area (Å²) in [6.45, 7) is 2.25. The fourth-order valence-electron chi connectivity index (χ4n) is 5.18. The highest BCUT2D eigenvalue weighted by atomic mass is 19.4. The number of benzene rings is 2. The Morgan fingerprint density at radius 1 is 1.14 bits per heavy atom. The number of rotatable bonds is 6. The zero-order valence-electron chi connectivity index (χ0n) is 18.9. The third-order valence-electron chi connectivity index (χ3n) is 6.85. The van der Waals surface area contributed by atoms with Gasteiger partial charge in [-0.3, -0.25) is 9.59 Å². The molecule has 7 nitrogen and oxygen atoms in total. The zero-order chi connectivity index (χ0) is 25.0. The first-order valence-electron chi connectivity index (χ1n) is 11.1. The van der Waals surface area contributed by atoms with Crippen molar-refractivity contribution in [3.8, 4) is 11.5 Å². The van der Waals surface area contributed by atoms with Crippen LogP contribution in [0.4, 0.5) is 18.9 Å². The van der Waals surface area contributed by atoms with Gasteiger partial charge < -0.3 is 24.4 Å². The molecule has 2 aromatic carbocycles. The first-order chi connectivity index (χ1) is 16.6. The van der Waals surface area contributed by atoms with Crippen molar-refractivity contribution in [1.82, 2.24) is 4.90 Å². The number of likely N-dealkylation sites (tertiary alicyclic amines) is 1. The molecule has 35 heavy (non-hydrogen) atoms. The molecule has 0 aromatic heterocycles. The molecule has 184 valence electrons. The summed E-state index contributed by atoms with van der Waals surface area (Å²) in [4.78, 5) is 28.5. The third kappa shape index (κ3) is 4.12. The van der Waals surface area contributed by atoms with Gasteiger partial charge in [0.2, 0.25) is 11.8 Å². The zero-order valence-corrected chi connectivity index (χ0v) is 18.9. The summed E-state index contributed by atoms with van der Waals surface area (Å²) in [5, 5.41) is 2.70. The molecule has 5 rings (SSSR count). The van der Waals surface area contributed by atoms with Gasteiger partial charge in [-0.1, -0.05) is 24.3 Å². The molecule has 2 bridgehead atoms. The van der Waals surface area contributed by atoms with Gasteiger partial charge in [-0.25, -0.2) is 0 Å². The molecule has 3 aliphatic rings. The number of nitrogens with one attached hydrogen (secondary N) is 1. The number of amides is 2. The smallest absolute Gasteiger partial charge is 0.497 e. The van der Waals surface area contributed by atoms with Crippen molar-refractivity contribution in [3.05, 3.63) is 66.2 Å². The number of methoxy groups -OCH3 is 1. The summed E-state index contributed by atoms with van der Waals surface area (Å²) < 4.78 is 52.4.